The Morgan fingerprint density at radius 3 is 2.67 bits per heavy atom. The van der Waals surface area contributed by atoms with E-state index in [2.05, 4.69) is 29.0 Å². The van der Waals surface area contributed by atoms with Crippen LogP contribution in [-0.2, 0) is 24.1 Å². The van der Waals surface area contributed by atoms with Gasteiger partial charge >= 0.3 is 0 Å². The van der Waals surface area contributed by atoms with E-state index < -0.39 is 0 Å². The highest BCUT2D eigenvalue weighted by atomic mass is 32.1. The molecule has 0 amide bonds. The molecule has 9 heteroatoms. The number of thiophene rings is 1. The van der Waals surface area contributed by atoms with E-state index in [0.717, 1.165) is 77.1 Å². The van der Waals surface area contributed by atoms with Gasteiger partial charge in [0.05, 0.1) is 37.6 Å². The van der Waals surface area contributed by atoms with Crippen molar-refractivity contribution in [3.05, 3.63) is 41.2 Å². The summed E-state index contributed by atoms with van der Waals surface area (Å²) in [6, 6.07) is 5.90. The Morgan fingerprint density at radius 2 is 1.89 bits per heavy atom. The Balaban J connectivity index is 1.44. The summed E-state index contributed by atoms with van der Waals surface area (Å²) in [6.45, 7) is 8.50. The lowest BCUT2D eigenvalue weighted by atomic mass is 9.90. The van der Waals surface area contributed by atoms with E-state index in [1.165, 1.54) is 16.5 Å². The summed E-state index contributed by atoms with van der Waals surface area (Å²) < 4.78 is 17.7. The molecule has 8 nitrogen and oxygen atoms in total. The fraction of sp³-hybridized carbons (Fsp3) is 0.444. The zero-order valence-corrected chi connectivity index (χ0v) is 22.0. The third-order valence-corrected chi connectivity index (χ3v) is 8.23. The van der Waals surface area contributed by atoms with E-state index in [-0.39, 0.29) is 5.41 Å². The number of para-hydroxylation sites is 1. The van der Waals surface area contributed by atoms with Crippen LogP contribution in [-0.4, -0.2) is 55.5 Å². The van der Waals surface area contributed by atoms with Crippen LogP contribution in [0.15, 0.2) is 24.5 Å². The van der Waals surface area contributed by atoms with Gasteiger partial charge in [-0.25, -0.2) is 15.0 Å². The molecule has 0 unspecified atom stereocenters. The van der Waals surface area contributed by atoms with Crippen molar-refractivity contribution in [2.75, 3.05) is 50.7 Å². The minimum Gasteiger partial charge on any atom is -0.493 e. The monoisotopic (exact) mass is 505 g/mol. The van der Waals surface area contributed by atoms with Crippen molar-refractivity contribution in [3.63, 3.8) is 0 Å². The van der Waals surface area contributed by atoms with Gasteiger partial charge in [-0.1, -0.05) is 26.0 Å². The predicted octanol–water partition coefficient (Wildman–Crippen LogP) is 4.83. The van der Waals surface area contributed by atoms with Gasteiger partial charge in [-0.2, -0.15) is 0 Å². The molecule has 1 saturated heterocycles. The molecule has 1 fully saturated rings. The number of morpholine rings is 1. The van der Waals surface area contributed by atoms with Crippen LogP contribution in [0.25, 0.3) is 20.4 Å². The fourth-order valence-electron chi connectivity index (χ4n) is 5.53. The van der Waals surface area contributed by atoms with Crippen LogP contribution in [0, 0.1) is 5.41 Å². The third kappa shape index (κ3) is 3.90. The minimum absolute atomic E-state index is 0.199. The molecule has 1 N–H and O–H groups in total. The molecular formula is C27H31N5O3S. The molecule has 36 heavy (non-hydrogen) atoms. The van der Waals surface area contributed by atoms with Crippen LogP contribution in [0.1, 0.15) is 30.5 Å². The molecule has 0 spiro atoms. The molecule has 188 valence electrons. The van der Waals surface area contributed by atoms with Crippen LogP contribution >= 0.6 is 11.3 Å². The van der Waals surface area contributed by atoms with Crippen molar-refractivity contribution >= 4 is 43.4 Å². The molecular weight excluding hydrogens is 474 g/mol. The number of benzene rings is 1. The van der Waals surface area contributed by atoms with Crippen molar-refractivity contribution in [1.29, 1.82) is 0 Å². The standard InChI is InChI=1S/C27H31N5O3S/c1-27(2)12-17-18(13-27)25(32-8-10-35-11-9-32)31-26-20(17)21-23(36-26)24(30-15-29-21)28-14-16-6-5-7-19(33-3)22(16)34-4/h5-7,15H,8-14H2,1-4H3,(H,28,29,30). The predicted molar refractivity (Wildman–Crippen MR) is 144 cm³/mol. The summed E-state index contributed by atoms with van der Waals surface area (Å²) in [4.78, 5) is 18.0. The molecule has 4 heterocycles. The van der Waals surface area contributed by atoms with Crippen molar-refractivity contribution in [2.24, 2.45) is 5.41 Å². The largest absolute Gasteiger partial charge is 0.493 e. The number of pyridine rings is 1. The third-order valence-electron chi connectivity index (χ3n) is 7.15. The van der Waals surface area contributed by atoms with Crippen LogP contribution in [0.2, 0.25) is 0 Å². The Bertz CT molecular complexity index is 1440. The first-order valence-electron chi connectivity index (χ1n) is 12.3. The highest BCUT2D eigenvalue weighted by Crippen LogP contribution is 2.47. The molecule has 0 saturated carbocycles. The summed E-state index contributed by atoms with van der Waals surface area (Å²) >= 11 is 1.67. The number of hydrogen-bond acceptors (Lipinski definition) is 9. The second kappa shape index (κ2) is 9.05. The maximum absolute atomic E-state index is 5.62. The highest BCUT2D eigenvalue weighted by molar-refractivity contribution is 7.26. The van der Waals surface area contributed by atoms with Gasteiger partial charge in [0, 0.05) is 30.6 Å². The number of rotatable bonds is 6. The first-order valence-corrected chi connectivity index (χ1v) is 13.2. The number of fused-ring (bicyclic) bond motifs is 5. The quantitative estimate of drug-likeness (QED) is 0.399. The van der Waals surface area contributed by atoms with Crippen molar-refractivity contribution < 1.29 is 14.2 Å². The number of ether oxygens (including phenoxy) is 3. The smallest absolute Gasteiger partial charge is 0.165 e. The van der Waals surface area contributed by atoms with Gasteiger partial charge in [-0.05, 0) is 35.4 Å². The van der Waals surface area contributed by atoms with Gasteiger partial charge in [0.1, 0.15) is 22.8 Å². The van der Waals surface area contributed by atoms with E-state index >= 15 is 0 Å². The second-order valence-electron chi connectivity index (χ2n) is 10.2. The van der Waals surface area contributed by atoms with Crippen LogP contribution < -0.4 is 19.7 Å². The van der Waals surface area contributed by atoms with Crippen LogP contribution in [0.4, 0.5) is 11.6 Å². The minimum atomic E-state index is 0.199. The molecule has 0 bridgehead atoms. The van der Waals surface area contributed by atoms with Gasteiger partial charge in [-0.15, -0.1) is 11.3 Å². The molecule has 3 aromatic heterocycles. The second-order valence-corrected chi connectivity index (χ2v) is 11.2. The maximum atomic E-state index is 5.62. The molecule has 1 aromatic carbocycles. The molecule has 4 aromatic rings. The van der Waals surface area contributed by atoms with Gasteiger partial charge < -0.3 is 24.4 Å². The number of nitrogens with zero attached hydrogens (tertiary/aromatic N) is 4. The van der Waals surface area contributed by atoms with Crippen molar-refractivity contribution in [2.45, 2.75) is 33.2 Å². The molecule has 1 aliphatic heterocycles. The van der Waals surface area contributed by atoms with E-state index in [1.807, 2.05) is 18.2 Å². The van der Waals surface area contributed by atoms with Gasteiger partial charge in [-0.3, -0.25) is 0 Å². The zero-order valence-electron chi connectivity index (χ0n) is 21.2. The summed E-state index contributed by atoms with van der Waals surface area (Å²) in [5, 5.41) is 4.71. The Kier molecular flexibility index (Phi) is 5.84. The van der Waals surface area contributed by atoms with Crippen LogP contribution in [0.5, 0.6) is 11.5 Å². The highest BCUT2D eigenvalue weighted by Gasteiger charge is 2.35. The molecule has 0 atom stereocenters. The summed E-state index contributed by atoms with van der Waals surface area (Å²) in [7, 11) is 3.31. The van der Waals surface area contributed by atoms with Crippen molar-refractivity contribution in [1.82, 2.24) is 15.0 Å². The number of nitrogens with one attached hydrogen (secondary N) is 1. The van der Waals surface area contributed by atoms with E-state index in [4.69, 9.17) is 24.2 Å². The number of aromatic nitrogens is 3. The SMILES string of the molecule is COc1cccc(CNc2ncnc3c2sc2nc(N4CCOCC4)c4c(c23)CC(C)(C)C4)c1OC. The lowest BCUT2D eigenvalue weighted by molar-refractivity contribution is 0.122. The first kappa shape index (κ1) is 23.2. The van der Waals surface area contributed by atoms with E-state index in [9.17, 15) is 0 Å². The summed E-state index contributed by atoms with van der Waals surface area (Å²) in [6.07, 6.45) is 3.71. The van der Waals surface area contributed by atoms with E-state index in [1.54, 1.807) is 31.9 Å². The first-order chi connectivity index (χ1) is 17.5. The molecule has 2 aliphatic rings. The number of methoxy groups -OCH3 is 2. The average molecular weight is 506 g/mol. The molecule has 6 rings (SSSR count). The zero-order chi connectivity index (χ0) is 24.9. The Labute approximate surface area is 214 Å². The Hall–Kier alpha value is -3.17. The van der Waals surface area contributed by atoms with Gasteiger partial charge in [0.2, 0.25) is 0 Å². The van der Waals surface area contributed by atoms with Gasteiger partial charge in [0.15, 0.2) is 11.5 Å². The summed E-state index contributed by atoms with van der Waals surface area (Å²) in [5.74, 6) is 3.38. The normalized spacial score (nSPS) is 16.9. The topological polar surface area (TPSA) is 81.6 Å². The van der Waals surface area contributed by atoms with Gasteiger partial charge in [0.25, 0.3) is 0 Å². The average Bonchev–Trinajstić information content (AvgIpc) is 3.43. The maximum Gasteiger partial charge on any atom is 0.165 e. The Morgan fingerprint density at radius 1 is 1.08 bits per heavy atom. The summed E-state index contributed by atoms with van der Waals surface area (Å²) in [5.41, 5.74) is 4.96. The van der Waals surface area contributed by atoms with Crippen molar-refractivity contribution in [3.8, 4) is 11.5 Å². The fourth-order valence-corrected chi connectivity index (χ4v) is 6.65. The number of anilines is 2. The number of hydrogen-bond donors (Lipinski definition) is 1. The lowest BCUT2D eigenvalue weighted by Crippen LogP contribution is -2.37. The van der Waals surface area contributed by atoms with Crippen LogP contribution in [0.3, 0.4) is 0 Å². The van der Waals surface area contributed by atoms with E-state index in [0.29, 0.717) is 12.3 Å². The lowest BCUT2D eigenvalue weighted by Gasteiger charge is -2.29. The molecule has 0 radical (unpaired) electrons. The molecule has 1 aliphatic carbocycles.